The van der Waals surface area contributed by atoms with E-state index in [0.717, 1.165) is 20.7 Å². The number of hydrogen-bond donors (Lipinski definition) is 1. The molecule has 2 aromatic rings. The number of hydrogen-bond acceptors (Lipinski definition) is 4. The fourth-order valence-electron chi connectivity index (χ4n) is 1.68. The minimum Gasteiger partial charge on any atom is -0.493 e. The molecule has 0 aliphatic heterocycles. The van der Waals surface area contributed by atoms with Crippen LogP contribution >= 0.6 is 22.9 Å². The van der Waals surface area contributed by atoms with Gasteiger partial charge < -0.3 is 15.2 Å². The van der Waals surface area contributed by atoms with E-state index in [0.29, 0.717) is 23.9 Å². The molecule has 0 unspecified atom stereocenters. The van der Waals surface area contributed by atoms with Gasteiger partial charge in [-0.1, -0.05) is 11.6 Å². The van der Waals surface area contributed by atoms with Gasteiger partial charge in [0.1, 0.15) is 0 Å². The number of fused-ring (bicyclic) bond motifs is 1. The summed E-state index contributed by atoms with van der Waals surface area (Å²) in [6.07, 6.45) is 0. The molecule has 1 aromatic heterocycles. The first-order valence-corrected chi connectivity index (χ1v) is 6.52. The van der Waals surface area contributed by atoms with Gasteiger partial charge in [-0.25, -0.2) is 0 Å². The molecule has 0 spiro atoms. The van der Waals surface area contributed by atoms with Crippen molar-refractivity contribution in [3.8, 4) is 11.5 Å². The maximum absolute atomic E-state index is 6.25. The monoisotopic (exact) mass is 271 g/mol. The fourth-order valence-corrected chi connectivity index (χ4v) is 3.07. The number of methoxy groups -OCH3 is 1. The van der Waals surface area contributed by atoms with Crippen molar-refractivity contribution in [2.24, 2.45) is 5.73 Å². The van der Waals surface area contributed by atoms with Gasteiger partial charge in [-0.05, 0) is 13.0 Å². The maximum Gasteiger partial charge on any atom is 0.162 e. The predicted octanol–water partition coefficient (Wildman–Crippen LogP) is 3.42. The molecule has 0 radical (unpaired) electrons. The first kappa shape index (κ1) is 12.5. The zero-order chi connectivity index (χ0) is 12.4. The van der Waals surface area contributed by atoms with Crippen molar-refractivity contribution < 1.29 is 9.47 Å². The Morgan fingerprint density at radius 2 is 2.12 bits per heavy atom. The van der Waals surface area contributed by atoms with Crippen LogP contribution in [0.15, 0.2) is 12.1 Å². The van der Waals surface area contributed by atoms with E-state index in [4.69, 9.17) is 26.8 Å². The van der Waals surface area contributed by atoms with Crippen molar-refractivity contribution in [3.05, 3.63) is 22.0 Å². The van der Waals surface area contributed by atoms with E-state index in [2.05, 4.69) is 0 Å². The largest absolute Gasteiger partial charge is 0.493 e. The zero-order valence-corrected chi connectivity index (χ0v) is 11.3. The third-order valence-corrected chi connectivity index (χ3v) is 4.18. The summed E-state index contributed by atoms with van der Waals surface area (Å²) in [7, 11) is 1.62. The van der Waals surface area contributed by atoms with Crippen LogP contribution in [-0.2, 0) is 6.54 Å². The number of rotatable bonds is 4. The molecule has 2 N–H and O–H groups in total. The van der Waals surface area contributed by atoms with Gasteiger partial charge in [-0.15, -0.1) is 11.3 Å². The third-order valence-electron chi connectivity index (χ3n) is 2.47. The van der Waals surface area contributed by atoms with Gasteiger partial charge in [0, 0.05) is 27.6 Å². The summed E-state index contributed by atoms with van der Waals surface area (Å²) in [5, 5.41) is 1.69. The molecular formula is C12H14ClNO2S. The minimum atomic E-state index is 0.449. The summed E-state index contributed by atoms with van der Waals surface area (Å²) in [5.41, 5.74) is 5.65. The lowest BCUT2D eigenvalue weighted by molar-refractivity contribution is 0.311. The normalized spacial score (nSPS) is 10.8. The summed E-state index contributed by atoms with van der Waals surface area (Å²) >= 11 is 7.84. The molecule has 0 aliphatic carbocycles. The van der Waals surface area contributed by atoms with Gasteiger partial charge in [-0.3, -0.25) is 0 Å². The van der Waals surface area contributed by atoms with Crippen molar-refractivity contribution in [3.63, 3.8) is 0 Å². The van der Waals surface area contributed by atoms with E-state index >= 15 is 0 Å². The number of nitrogens with two attached hydrogens (primary N) is 1. The Bertz CT molecular complexity index is 539. The lowest BCUT2D eigenvalue weighted by atomic mass is 10.2. The van der Waals surface area contributed by atoms with Crippen LogP contribution in [-0.4, -0.2) is 13.7 Å². The van der Waals surface area contributed by atoms with Crippen molar-refractivity contribution in [2.45, 2.75) is 13.5 Å². The van der Waals surface area contributed by atoms with Crippen LogP contribution in [0.5, 0.6) is 11.5 Å². The number of halogens is 1. The van der Waals surface area contributed by atoms with Crippen LogP contribution in [0, 0.1) is 0 Å². The maximum atomic E-state index is 6.25. The molecule has 1 aromatic carbocycles. The first-order chi connectivity index (χ1) is 8.21. The topological polar surface area (TPSA) is 44.5 Å². The summed E-state index contributed by atoms with van der Waals surface area (Å²) in [6.45, 7) is 2.99. The molecule has 2 rings (SSSR count). The van der Waals surface area contributed by atoms with E-state index in [-0.39, 0.29) is 0 Å². The molecule has 0 bridgehead atoms. The van der Waals surface area contributed by atoms with E-state index < -0.39 is 0 Å². The van der Waals surface area contributed by atoms with E-state index in [9.17, 15) is 0 Å². The van der Waals surface area contributed by atoms with Crippen molar-refractivity contribution in [1.82, 2.24) is 0 Å². The highest BCUT2D eigenvalue weighted by Gasteiger charge is 2.13. The quantitative estimate of drug-likeness (QED) is 0.927. The highest BCUT2D eigenvalue weighted by molar-refractivity contribution is 7.19. The lowest BCUT2D eigenvalue weighted by Gasteiger charge is -2.09. The minimum absolute atomic E-state index is 0.449. The van der Waals surface area contributed by atoms with Gasteiger partial charge in [0.05, 0.1) is 18.7 Å². The van der Waals surface area contributed by atoms with E-state index in [1.54, 1.807) is 18.4 Å². The van der Waals surface area contributed by atoms with Gasteiger partial charge in [0.15, 0.2) is 11.5 Å². The average Bonchev–Trinajstić information content (AvgIpc) is 2.65. The standard InChI is InChI=1S/C12H14ClNO2S/c1-3-16-9-5-10-7(4-8(9)15-2)12(13)11(6-14)17-10/h4-5H,3,6,14H2,1-2H3. The Labute approximate surface area is 109 Å². The van der Waals surface area contributed by atoms with Crippen LogP contribution in [0.3, 0.4) is 0 Å². The van der Waals surface area contributed by atoms with Gasteiger partial charge in [0.25, 0.3) is 0 Å². The Morgan fingerprint density at radius 3 is 2.71 bits per heavy atom. The van der Waals surface area contributed by atoms with Gasteiger partial charge in [0.2, 0.25) is 0 Å². The lowest BCUT2D eigenvalue weighted by Crippen LogP contribution is -1.94. The number of ether oxygens (including phenoxy) is 2. The zero-order valence-electron chi connectivity index (χ0n) is 9.75. The highest BCUT2D eigenvalue weighted by atomic mass is 35.5. The van der Waals surface area contributed by atoms with E-state index in [1.165, 1.54) is 0 Å². The molecule has 0 amide bonds. The second-order valence-corrected chi connectivity index (χ2v) is 4.99. The predicted molar refractivity (Wildman–Crippen MR) is 72.4 cm³/mol. The SMILES string of the molecule is CCOc1cc2sc(CN)c(Cl)c2cc1OC. The molecule has 0 saturated heterocycles. The summed E-state index contributed by atoms with van der Waals surface area (Å²) in [5.74, 6) is 1.44. The third kappa shape index (κ3) is 2.20. The van der Waals surface area contributed by atoms with Crippen LogP contribution in [0.1, 0.15) is 11.8 Å². The summed E-state index contributed by atoms with van der Waals surface area (Å²) < 4.78 is 11.9. The molecule has 3 nitrogen and oxygen atoms in total. The van der Waals surface area contributed by atoms with Crippen LogP contribution in [0.25, 0.3) is 10.1 Å². The average molecular weight is 272 g/mol. The van der Waals surface area contributed by atoms with Crippen molar-refractivity contribution >= 4 is 33.0 Å². The molecule has 17 heavy (non-hydrogen) atoms. The molecule has 0 atom stereocenters. The smallest absolute Gasteiger partial charge is 0.162 e. The molecular weight excluding hydrogens is 258 g/mol. The number of benzene rings is 1. The van der Waals surface area contributed by atoms with Crippen LogP contribution in [0.4, 0.5) is 0 Å². The van der Waals surface area contributed by atoms with Crippen molar-refractivity contribution in [2.75, 3.05) is 13.7 Å². The summed E-state index contributed by atoms with van der Waals surface area (Å²) in [6, 6.07) is 3.85. The Kier molecular flexibility index (Phi) is 3.76. The number of thiophene rings is 1. The summed E-state index contributed by atoms with van der Waals surface area (Å²) in [4.78, 5) is 0.984. The Balaban J connectivity index is 2.63. The molecule has 0 fully saturated rings. The molecule has 0 aliphatic rings. The van der Waals surface area contributed by atoms with Crippen LogP contribution < -0.4 is 15.2 Å². The van der Waals surface area contributed by atoms with Gasteiger partial charge >= 0.3 is 0 Å². The van der Waals surface area contributed by atoms with Crippen LogP contribution in [0.2, 0.25) is 5.02 Å². The first-order valence-electron chi connectivity index (χ1n) is 5.33. The van der Waals surface area contributed by atoms with E-state index in [1.807, 2.05) is 19.1 Å². The highest BCUT2D eigenvalue weighted by Crippen LogP contribution is 2.41. The van der Waals surface area contributed by atoms with Crippen molar-refractivity contribution in [1.29, 1.82) is 0 Å². The fraction of sp³-hybridized carbons (Fsp3) is 0.333. The second-order valence-electron chi connectivity index (χ2n) is 3.48. The second kappa shape index (κ2) is 5.12. The van der Waals surface area contributed by atoms with Gasteiger partial charge in [-0.2, -0.15) is 0 Å². The Morgan fingerprint density at radius 1 is 1.35 bits per heavy atom. The molecule has 92 valence electrons. The molecule has 0 saturated carbocycles. The Hall–Kier alpha value is -0.970. The molecule has 1 heterocycles. The molecule has 5 heteroatoms.